The number of aromatic nitrogens is 4. The van der Waals surface area contributed by atoms with Crippen molar-refractivity contribution in [3.63, 3.8) is 0 Å². The van der Waals surface area contributed by atoms with E-state index < -0.39 is 0 Å². The first-order valence-corrected chi connectivity index (χ1v) is 9.23. The van der Waals surface area contributed by atoms with Crippen LogP contribution in [0.25, 0.3) is 11.0 Å². The summed E-state index contributed by atoms with van der Waals surface area (Å²) in [7, 11) is 0. The van der Waals surface area contributed by atoms with Crippen LogP contribution in [0.4, 0.5) is 0 Å². The predicted octanol–water partition coefficient (Wildman–Crippen LogP) is 4.82. The molecular weight excluding hydrogens is 352 g/mol. The molecule has 124 valence electrons. The Morgan fingerprint density at radius 2 is 1.80 bits per heavy atom. The number of hydrogen-bond acceptors (Lipinski definition) is 4. The zero-order valence-corrected chi connectivity index (χ0v) is 14.9. The summed E-state index contributed by atoms with van der Waals surface area (Å²) in [6.45, 7) is 0.694. The lowest BCUT2D eigenvalue weighted by molar-refractivity contribution is 0.703. The normalized spacial score (nSPS) is 11.1. The van der Waals surface area contributed by atoms with E-state index in [1.54, 1.807) is 18.1 Å². The molecule has 0 unspecified atom stereocenters. The van der Waals surface area contributed by atoms with Gasteiger partial charge in [-0.25, -0.2) is 14.6 Å². The van der Waals surface area contributed by atoms with Crippen LogP contribution in [0.2, 0.25) is 5.02 Å². The number of rotatable bonds is 5. The van der Waals surface area contributed by atoms with Gasteiger partial charge in [0.2, 0.25) is 0 Å². The van der Waals surface area contributed by atoms with Crippen molar-refractivity contribution in [2.75, 3.05) is 0 Å². The van der Waals surface area contributed by atoms with E-state index >= 15 is 0 Å². The van der Waals surface area contributed by atoms with Crippen LogP contribution in [0.3, 0.4) is 0 Å². The van der Waals surface area contributed by atoms with E-state index in [0.717, 1.165) is 26.8 Å². The fourth-order valence-corrected chi connectivity index (χ4v) is 3.75. The minimum absolute atomic E-state index is 0.694. The average molecular weight is 367 g/mol. The van der Waals surface area contributed by atoms with E-state index in [1.807, 2.05) is 47.3 Å². The molecule has 0 saturated carbocycles. The maximum Gasteiger partial charge on any atom is 0.162 e. The van der Waals surface area contributed by atoms with Crippen molar-refractivity contribution in [2.45, 2.75) is 17.3 Å². The first kappa shape index (κ1) is 16.1. The molecule has 0 bridgehead atoms. The number of fused-ring (bicyclic) bond motifs is 1. The van der Waals surface area contributed by atoms with Crippen LogP contribution in [0.5, 0.6) is 0 Å². The first-order chi connectivity index (χ1) is 12.3. The van der Waals surface area contributed by atoms with Crippen molar-refractivity contribution in [2.24, 2.45) is 0 Å². The average Bonchev–Trinajstić information content (AvgIpc) is 3.04. The van der Waals surface area contributed by atoms with Gasteiger partial charge in [0.25, 0.3) is 0 Å². The molecule has 0 fully saturated rings. The second kappa shape index (κ2) is 7.25. The summed E-state index contributed by atoms with van der Waals surface area (Å²) in [5, 5.41) is 7.16. The van der Waals surface area contributed by atoms with Crippen molar-refractivity contribution in [1.82, 2.24) is 19.7 Å². The third-order valence-corrected chi connectivity index (χ3v) is 5.15. The number of benzene rings is 2. The molecule has 0 atom stereocenters. The number of halogens is 1. The van der Waals surface area contributed by atoms with Gasteiger partial charge in [-0.3, -0.25) is 0 Å². The predicted molar refractivity (Wildman–Crippen MR) is 102 cm³/mol. The zero-order chi connectivity index (χ0) is 17.1. The lowest BCUT2D eigenvalue weighted by atomic mass is 10.2. The highest BCUT2D eigenvalue weighted by molar-refractivity contribution is 7.98. The molecule has 4 aromatic rings. The second-order valence-corrected chi connectivity index (χ2v) is 7.02. The Bertz CT molecular complexity index is 1000. The highest BCUT2D eigenvalue weighted by Crippen LogP contribution is 2.28. The molecule has 4 nitrogen and oxygen atoms in total. The SMILES string of the molecule is Clc1cccc(CSc2ncnc3c2cnn3Cc2ccccc2)c1. The fourth-order valence-electron chi connectivity index (χ4n) is 2.64. The highest BCUT2D eigenvalue weighted by atomic mass is 35.5. The smallest absolute Gasteiger partial charge is 0.162 e. The summed E-state index contributed by atoms with van der Waals surface area (Å²) in [6.07, 6.45) is 3.45. The molecule has 2 heterocycles. The molecule has 2 aromatic heterocycles. The molecule has 0 N–H and O–H groups in total. The maximum absolute atomic E-state index is 6.05. The summed E-state index contributed by atoms with van der Waals surface area (Å²) in [5.41, 5.74) is 3.22. The summed E-state index contributed by atoms with van der Waals surface area (Å²) >= 11 is 7.72. The van der Waals surface area contributed by atoms with Crippen molar-refractivity contribution in [3.05, 3.63) is 83.3 Å². The summed E-state index contributed by atoms with van der Waals surface area (Å²) in [4.78, 5) is 8.85. The Morgan fingerprint density at radius 3 is 2.64 bits per heavy atom. The van der Waals surface area contributed by atoms with Gasteiger partial charge >= 0.3 is 0 Å². The van der Waals surface area contributed by atoms with Gasteiger partial charge in [0.05, 0.1) is 18.1 Å². The number of nitrogens with zero attached hydrogens (tertiary/aromatic N) is 4. The Labute approximate surface area is 154 Å². The largest absolute Gasteiger partial charge is 0.243 e. The highest BCUT2D eigenvalue weighted by Gasteiger charge is 2.11. The van der Waals surface area contributed by atoms with E-state index in [2.05, 4.69) is 33.3 Å². The van der Waals surface area contributed by atoms with Crippen LogP contribution in [0.15, 0.2) is 72.1 Å². The quantitative estimate of drug-likeness (QED) is 0.375. The van der Waals surface area contributed by atoms with E-state index in [-0.39, 0.29) is 0 Å². The van der Waals surface area contributed by atoms with Gasteiger partial charge < -0.3 is 0 Å². The molecule has 6 heteroatoms. The van der Waals surface area contributed by atoms with Crippen molar-refractivity contribution in [3.8, 4) is 0 Å². The Hall–Kier alpha value is -2.37. The van der Waals surface area contributed by atoms with Crippen LogP contribution < -0.4 is 0 Å². The molecule has 0 saturated heterocycles. The summed E-state index contributed by atoms with van der Waals surface area (Å²) < 4.78 is 1.91. The minimum Gasteiger partial charge on any atom is -0.243 e. The summed E-state index contributed by atoms with van der Waals surface area (Å²) in [6, 6.07) is 18.1. The van der Waals surface area contributed by atoms with Gasteiger partial charge in [0, 0.05) is 10.8 Å². The molecule has 0 radical (unpaired) electrons. The third kappa shape index (κ3) is 3.67. The van der Waals surface area contributed by atoms with Gasteiger partial charge in [0.1, 0.15) is 11.4 Å². The van der Waals surface area contributed by atoms with E-state index in [1.165, 1.54) is 11.1 Å². The topological polar surface area (TPSA) is 43.6 Å². The maximum atomic E-state index is 6.05. The van der Waals surface area contributed by atoms with Gasteiger partial charge in [-0.2, -0.15) is 5.10 Å². The lowest BCUT2D eigenvalue weighted by Crippen LogP contribution is -2.02. The van der Waals surface area contributed by atoms with E-state index in [9.17, 15) is 0 Å². The van der Waals surface area contributed by atoms with Crippen LogP contribution in [0, 0.1) is 0 Å². The van der Waals surface area contributed by atoms with Crippen LogP contribution in [-0.4, -0.2) is 19.7 Å². The Balaban J connectivity index is 1.58. The number of thioether (sulfide) groups is 1. The molecule has 0 aliphatic carbocycles. The minimum atomic E-state index is 0.694. The molecule has 25 heavy (non-hydrogen) atoms. The fraction of sp³-hybridized carbons (Fsp3) is 0.105. The van der Waals surface area contributed by atoms with Crippen LogP contribution in [-0.2, 0) is 12.3 Å². The van der Waals surface area contributed by atoms with Gasteiger partial charge in [-0.1, -0.05) is 54.1 Å². The molecule has 4 rings (SSSR count). The van der Waals surface area contributed by atoms with Gasteiger partial charge in [0.15, 0.2) is 5.65 Å². The van der Waals surface area contributed by atoms with Crippen LogP contribution in [0.1, 0.15) is 11.1 Å². The molecule has 0 amide bonds. The van der Waals surface area contributed by atoms with E-state index in [0.29, 0.717) is 6.54 Å². The third-order valence-electron chi connectivity index (χ3n) is 3.84. The van der Waals surface area contributed by atoms with Gasteiger partial charge in [-0.15, -0.1) is 11.8 Å². The van der Waals surface area contributed by atoms with Crippen molar-refractivity contribution in [1.29, 1.82) is 0 Å². The molecule has 0 aliphatic heterocycles. The second-order valence-electron chi connectivity index (χ2n) is 5.62. The molecule has 0 aliphatic rings. The van der Waals surface area contributed by atoms with Crippen LogP contribution >= 0.6 is 23.4 Å². The lowest BCUT2D eigenvalue weighted by Gasteiger charge is -2.05. The Morgan fingerprint density at radius 1 is 0.960 bits per heavy atom. The summed E-state index contributed by atoms with van der Waals surface area (Å²) in [5.74, 6) is 0.802. The van der Waals surface area contributed by atoms with Crippen molar-refractivity contribution >= 4 is 34.4 Å². The van der Waals surface area contributed by atoms with Gasteiger partial charge in [-0.05, 0) is 23.3 Å². The molecule has 2 aromatic carbocycles. The zero-order valence-electron chi connectivity index (χ0n) is 13.3. The van der Waals surface area contributed by atoms with Crippen molar-refractivity contribution < 1.29 is 0 Å². The standard InChI is InChI=1S/C19H15ClN4S/c20-16-8-4-7-15(9-16)12-25-19-17-10-23-24(18(17)21-13-22-19)11-14-5-2-1-3-6-14/h1-10,13H,11-12H2. The number of hydrogen-bond donors (Lipinski definition) is 0. The first-order valence-electron chi connectivity index (χ1n) is 7.87. The van der Waals surface area contributed by atoms with E-state index in [4.69, 9.17) is 11.6 Å². The molecule has 0 spiro atoms. The monoisotopic (exact) mass is 366 g/mol. The Kier molecular flexibility index (Phi) is 4.68. The molecular formula is C19H15ClN4S.